The second kappa shape index (κ2) is 4.18. The van der Waals surface area contributed by atoms with Crippen LogP contribution in [0.2, 0.25) is 0 Å². The van der Waals surface area contributed by atoms with Gasteiger partial charge in [-0.1, -0.05) is 18.2 Å². The Morgan fingerprint density at radius 3 is 2.88 bits per heavy atom. The van der Waals surface area contributed by atoms with Crippen molar-refractivity contribution < 1.29 is 9.53 Å². The smallest absolute Gasteiger partial charge is 0.196 e. The molecule has 0 atom stereocenters. The molecule has 1 aliphatic heterocycles. The van der Waals surface area contributed by atoms with Crippen LogP contribution >= 0.6 is 11.3 Å². The summed E-state index contributed by atoms with van der Waals surface area (Å²) in [5, 5.41) is 1.99. The van der Waals surface area contributed by atoms with Crippen LogP contribution in [0.1, 0.15) is 15.2 Å². The van der Waals surface area contributed by atoms with Crippen molar-refractivity contribution in [1.29, 1.82) is 0 Å². The molecule has 0 saturated carbocycles. The largest absolute Gasteiger partial charge is 0.488 e. The van der Waals surface area contributed by atoms with Crippen LogP contribution in [-0.4, -0.2) is 12.4 Å². The van der Waals surface area contributed by atoms with Crippen LogP contribution in [-0.2, 0) is 0 Å². The van der Waals surface area contributed by atoms with E-state index < -0.39 is 0 Å². The van der Waals surface area contributed by atoms with Crippen LogP contribution in [0.4, 0.5) is 0 Å². The third kappa shape index (κ3) is 1.89. The van der Waals surface area contributed by atoms with Crippen LogP contribution in [0.5, 0.6) is 5.75 Å². The van der Waals surface area contributed by atoms with Gasteiger partial charge in [-0.25, -0.2) is 0 Å². The lowest BCUT2D eigenvalue weighted by Crippen LogP contribution is -2.18. The first-order chi connectivity index (χ1) is 8.34. The van der Waals surface area contributed by atoms with Crippen molar-refractivity contribution in [2.24, 2.45) is 0 Å². The maximum absolute atomic E-state index is 12.2. The molecule has 0 N–H and O–H groups in total. The van der Waals surface area contributed by atoms with Crippen LogP contribution in [0, 0.1) is 0 Å². The zero-order chi connectivity index (χ0) is 11.7. The van der Waals surface area contributed by atoms with Crippen LogP contribution < -0.4 is 4.74 Å². The molecule has 3 heteroatoms. The number of ketones is 1. The molecule has 0 radical (unpaired) electrons. The van der Waals surface area contributed by atoms with Crippen molar-refractivity contribution in [3.63, 3.8) is 0 Å². The summed E-state index contributed by atoms with van der Waals surface area (Å²) in [5.41, 5.74) is 1.37. The number of carbonyl (C=O) groups excluding carboxylic acids is 1. The summed E-state index contributed by atoms with van der Waals surface area (Å²) in [6.45, 7) is 0.355. The Kier molecular flexibility index (Phi) is 2.53. The van der Waals surface area contributed by atoms with Gasteiger partial charge >= 0.3 is 0 Å². The molecule has 2 heterocycles. The van der Waals surface area contributed by atoms with Crippen LogP contribution in [0.3, 0.4) is 0 Å². The summed E-state index contributed by atoms with van der Waals surface area (Å²) in [6, 6.07) is 11.3. The van der Waals surface area contributed by atoms with Gasteiger partial charge in [-0.15, -0.1) is 11.3 Å². The monoisotopic (exact) mass is 242 g/mol. The van der Waals surface area contributed by atoms with Gasteiger partial charge < -0.3 is 4.74 Å². The average molecular weight is 242 g/mol. The van der Waals surface area contributed by atoms with Crippen molar-refractivity contribution in [3.05, 3.63) is 57.8 Å². The Balaban J connectivity index is 2.00. The Labute approximate surface area is 103 Å². The predicted molar refractivity (Wildman–Crippen MR) is 68.6 cm³/mol. The van der Waals surface area contributed by atoms with Gasteiger partial charge in [0.15, 0.2) is 5.78 Å². The number of hydrogen-bond donors (Lipinski definition) is 0. The highest BCUT2D eigenvalue weighted by Gasteiger charge is 2.22. The first-order valence-corrected chi connectivity index (χ1v) is 6.23. The molecule has 17 heavy (non-hydrogen) atoms. The molecule has 0 spiro atoms. The van der Waals surface area contributed by atoms with Crippen LogP contribution in [0.25, 0.3) is 6.08 Å². The fourth-order valence-corrected chi connectivity index (χ4v) is 2.51. The van der Waals surface area contributed by atoms with Gasteiger partial charge in [-0.3, -0.25) is 4.79 Å². The third-order valence-corrected chi connectivity index (χ3v) is 3.49. The molecular weight excluding hydrogens is 232 g/mol. The first-order valence-electron chi connectivity index (χ1n) is 5.35. The van der Waals surface area contributed by atoms with Crippen molar-refractivity contribution >= 4 is 23.2 Å². The Morgan fingerprint density at radius 1 is 1.18 bits per heavy atom. The lowest BCUT2D eigenvalue weighted by atomic mass is 10.00. The van der Waals surface area contributed by atoms with E-state index in [1.807, 2.05) is 41.8 Å². The molecular formula is C14H10O2S. The number of hydrogen-bond acceptors (Lipinski definition) is 3. The number of carbonyl (C=O) groups is 1. The summed E-state index contributed by atoms with van der Waals surface area (Å²) in [7, 11) is 0. The minimum absolute atomic E-state index is 0.0697. The zero-order valence-electron chi connectivity index (χ0n) is 9.05. The highest BCUT2D eigenvalue weighted by molar-refractivity contribution is 7.10. The van der Waals surface area contributed by atoms with E-state index in [1.54, 1.807) is 17.4 Å². The lowest BCUT2D eigenvalue weighted by Gasteiger charge is -2.18. The predicted octanol–water partition coefficient (Wildman–Crippen LogP) is 3.41. The number of thiophene rings is 1. The second-order valence-electron chi connectivity index (χ2n) is 3.80. The minimum Gasteiger partial charge on any atom is -0.488 e. The molecule has 84 valence electrons. The van der Waals surface area contributed by atoms with Gasteiger partial charge in [0.1, 0.15) is 12.4 Å². The maximum atomic E-state index is 12.2. The molecule has 0 unspecified atom stereocenters. The molecule has 3 rings (SSSR count). The van der Waals surface area contributed by atoms with E-state index in [0.29, 0.717) is 23.5 Å². The molecule has 2 aromatic rings. The standard InChI is InChI=1S/C14H10O2S/c15-14-10(8-11-4-3-7-17-11)9-16-13-6-2-1-5-12(13)14/h1-8H,9H2. The average Bonchev–Trinajstić information content (AvgIpc) is 2.86. The van der Waals surface area contributed by atoms with Gasteiger partial charge in [-0.05, 0) is 29.7 Å². The van der Waals surface area contributed by atoms with Gasteiger partial charge in [0.05, 0.1) is 5.56 Å². The molecule has 0 saturated heterocycles. The van der Waals surface area contributed by atoms with E-state index >= 15 is 0 Å². The van der Waals surface area contributed by atoms with Gasteiger partial charge in [0, 0.05) is 10.5 Å². The van der Waals surface area contributed by atoms with E-state index in [1.165, 1.54) is 0 Å². The molecule has 1 aromatic carbocycles. The number of Topliss-reactive ketones (excluding diaryl/α,β-unsaturated/α-hetero) is 1. The SMILES string of the molecule is O=C1C(=Cc2cccs2)COc2ccccc21. The number of rotatable bonds is 1. The molecule has 0 fully saturated rings. The number of benzene rings is 1. The number of fused-ring (bicyclic) bond motifs is 1. The first kappa shape index (κ1) is 10.3. The Morgan fingerprint density at radius 2 is 2.06 bits per heavy atom. The Hall–Kier alpha value is -1.87. The molecule has 0 amide bonds. The van der Waals surface area contributed by atoms with Gasteiger partial charge in [0.2, 0.25) is 0 Å². The fraction of sp³-hybridized carbons (Fsp3) is 0.0714. The van der Waals surface area contributed by atoms with Crippen molar-refractivity contribution in [2.75, 3.05) is 6.61 Å². The van der Waals surface area contributed by atoms with E-state index in [4.69, 9.17) is 4.74 Å². The lowest BCUT2D eigenvalue weighted by molar-refractivity contribution is 0.100. The highest BCUT2D eigenvalue weighted by atomic mass is 32.1. The molecule has 0 aliphatic carbocycles. The molecule has 1 aromatic heterocycles. The van der Waals surface area contributed by atoms with Crippen LogP contribution in [0.15, 0.2) is 47.4 Å². The molecule has 1 aliphatic rings. The maximum Gasteiger partial charge on any atom is 0.196 e. The van der Waals surface area contributed by atoms with Crippen molar-refractivity contribution in [3.8, 4) is 5.75 Å². The quantitative estimate of drug-likeness (QED) is 0.716. The van der Waals surface area contributed by atoms with Crippen molar-refractivity contribution in [1.82, 2.24) is 0 Å². The normalized spacial score (nSPS) is 16.7. The summed E-state index contributed by atoms with van der Waals surface area (Å²) < 4.78 is 5.57. The van der Waals surface area contributed by atoms with Gasteiger partial charge in [0.25, 0.3) is 0 Å². The van der Waals surface area contributed by atoms with E-state index in [0.717, 1.165) is 4.88 Å². The number of ether oxygens (including phenoxy) is 1. The summed E-state index contributed by atoms with van der Waals surface area (Å²) in [6.07, 6.45) is 1.91. The number of para-hydroxylation sites is 1. The van der Waals surface area contributed by atoms with Gasteiger partial charge in [-0.2, -0.15) is 0 Å². The third-order valence-electron chi connectivity index (χ3n) is 2.67. The topological polar surface area (TPSA) is 26.3 Å². The zero-order valence-corrected chi connectivity index (χ0v) is 9.87. The van der Waals surface area contributed by atoms with E-state index in [9.17, 15) is 4.79 Å². The van der Waals surface area contributed by atoms with E-state index in [2.05, 4.69) is 0 Å². The van der Waals surface area contributed by atoms with E-state index in [-0.39, 0.29) is 5.78 Å². The Bertz CT molecular complexity index is 582. The summed E-state index contributed by atoms with van der Waals surface area (Å²) in [4.78, 5) is 13.3. The highest BCUT2D eigenvalue weighted by Crippen LogP contribution is 2.28. The summed E-state index contributed by atoms with van der Waals surface area (Å²) >= 11 is 1.62. The minimum atomic E-state index is 0.0697. The fourth-order valence-electron chi connectivity index (χ4n) is 1.83. The molecule has 0 bridgehead atoms. The second-order valence-corrected chi connectivity index (χ2v) is 4.78. The molecule has 2 nitrogen and oxygen atoms in total. The summed E-state index contributed by atoms with van der Waals surface area (Å²) in [5.74, 6) is 0.751. The van der Waals surface area contributed by atoms with Crippen molar-refractivity contribution in [2.45, 2.75) is 0 Å².